The second kappa shape index (κ2) is 5.83. The molecule has 0 aromatic heterocycles. The molecule has 7 heteroatoms. The largest absolute Gasteiger partial charge is 0.323 e. The minimum atomic E-state index is -3.66. The highest BCUT2D eigenvalue weighted by Crippen LogP contribution is 2.27. The second-order valence-corrected chi connectivity index (χ2v) is 7.77. The average molecular weight is 345 g/mol. The lowest BCUT2D eigenvalue weighted by Gasteiger charge is -2.26. The highest BCUT2D eigenvalue weighted by atomic mass is 32.2. The van der Waals surface area contributed by atoms with Crippen LogP contribution in [0.2, 0.25) is 0 Å². The lowest BCUT2D eigenvalue weighted by molar-refractivity contribution is 0.218. The number of sulfonamides is 1. The maximum absolute atomic E-state index is 12.6. The molecule has 0 bridgehead atoms. The van der Waals surface area contributed by atoms with Crippen LogP contribution in [-0.2, 0) is 16.6 Å². The third kappa shape index (κ3) is 3.21. The number of hydrogen-bond acceptors (Lipinski definition) is 3. The number of urea groups is 1. The van der Waals surface area contributed by atoms with Crippen molar-refractivity contribution in [2.24, 2.45) is 0 Å². The van der Waals surface area contributed by atoms with Gasteiger partial charge in [0.05, 0.1) is 4.90 Å². The van der Waals surface area contributed by atoms with Crippen LogP contribution in [0.3, 0.4) is 0 Å². The molecule has 2 amide bonds. The Labute approximate surface area is 141 Å². The highest BCUT2D eigenvalue weighted by Gasteiger charge is 2.21. The van der Waals surface area contributed by atoms with Gasteiger partial charge in [0.15, 0.2) is 0 Å². The maximum Gasteiger partial charge on any atom is 0.321 e. The Morgan fingerprint density at radius 2 is 1.75 bits per heavy atom. The van der Waals surface area contributed by atoms with Gasteiger partial charge in [-0.05, 0) is 60.9 Å². The van der Waals surface area contributed by atoms with Crippen LogP contribution in [0.1, 0.15) is 16.7 Å². The molecule has 1 heterocycles. The Morgan fingerprint density at radius 3 is 2.42 bits per heavy atom. The summed E-state index contributed by atoms with van der Waals surface area (Å²) in [4.78, 5) is 13.4. The van der Waals surface area contributed by atoms with Crippen molar-refractivity contribution >= 4 is 27.4 Å². The first-order valence-electron chi connectivity index (χ1n) is 7.51. The molecule has 2 aromatic rings. The molecular weight excluding hydrogens is 326 g/mol. The number of nitrogens with one attached hydrogen (secondary N) is 2. The van der Waals surface area contributed by atoms with E-state index in [1.54, 1.807) is 37.4 Å². The molecule has 1 aliphatic heterocycles. The Hall–Kier alpha value is -2.54. The van der Waals surface area contributed by atoms with E-state index < -0.39 is 10.0 Å². The van der Waals surface area contributed by atoms with E-state index in [9.17, 15) is 13.2 Å². The van der Waals surface area contributed by atoms with Crippen molar-refractivity contribution in [2.45, 2.75) is 25.3 Å². The molecule has 24 heavy (non-hydrogen) atoms. The van der Waals surface area contributed by atoms with E-state index in [2.05, 4.69) is 10.0 Å². The van der Waals surface area contributed by atoms with E-state index in [-0.39, 0.29) is 10.9 Å². The zero-order valence-corrected chi connectivity index (χ0v) is 14.6. The number of rotatable bonds is 3. The normalized spacial score (nSPS) is 14.1. The van der Waals surface area contributed by atoms with Crippen molar-refractivity contribution in [3.05, 3.63) is 53.1 Å². The molecule has 2 N–H and O–H groups in total. The standard InChI is InChI=1S/C17H19N3O3S/c1-11-6-12(2)8-15(7-11)24(22,23)19-14-4-5-16-13(9-14)10-20(3)17(21)18-16/h4-9,19H,10H2,1-3H3,(H,18,21). The van der Waals surface area contributed by atoms with Gasteiger partial charge in [0.25, 0.3) is 10.0 Å². The Bertz CT molecular complexity index is 902. The SMILES string of the molecule is Cc1cc(C)cc(S(=O)(=O)Nc2ccc3c(c2)CN(C)C(=O)N3)c1. The van der Waals surface area contributed by atoms with Crippen LogP contribution in [0, 0.1) is 13.8 Å². The summed E-state index contributed by atoms with van der Waals surface area (Å²) in [6, 6.07) is 10.1. The highest BCUT2D eigenvalue weighted by molar-refractivity contribution is 7.92. The fraction of sp³-hybridized carbons (Fsp3) is 0.235. The number of nitrogens with zero attached hydrogens (tertiary/aromatic N) is 1. The van der Waals surface area contributed by atoms with Crippen molar-refractivity contribution in [1.82, 2.24) is 4.90 Å². The Kier molecular flexibility index (Phi) is 3.96. The molecular formula is C17H19N3O3S. The van der Waals surface area contributed by atoms with Gasteiger partial charge < -0.3 is 10.2 Å². The molecule has 126 valence electrons. The summed E-state index contributed by atoms with van der Waals surface area (Å²) < 4.78 is 27.8. The zero-order chi connectivity index (χ0) is 17.5. The molecule has 2 aromatic carbocycles. The minimum Gasteiger partial charge on any atom is -0.323 e. The number of fused-ring (bicyclic) bond motifs is 1. The van der Waals surface area contributed by atoms with Crippen LogP contribution < -0.4 is 10.0 Å². The lowest BCUT2D eigenvalue weighted by atomic mass is 10.1. The number of aryl methyl sites for hydroxylation is 2. The van der Waals surface area contributed by atoms with Crippen molar-refractivity contribution in [2.75, 3.05) is 17.1 Å². The number of amides is 2. The van der Waals surface area contributed by atoms with Crippen LogP contribution in [0.25, 0.3) is 0 Å². The average Bonchev–Trinajstić information content (AvgIpc) is 2.47. The van der Waals surface area contributed by atoms with Crippen LogP contribution in [0.5, 0.6) is 0 Å². The summed E-state index contributed by atoms with van der Waals surface area (Å²) in [6.07, 6.45) is 0. The van der Waals surface area contributed by atoms with Crippen LogP contribution >= 0.6 is 0 Å². The van der Waals surface area contributed by atoms with Gasteiger partial charge in [-0.25, -0.2) is 13.2 Å². The zero-order valence-electron chi connectivity index (χ0n) is 13.8. The smallest absolute Gasteiger partial charge is 0.321 e. The molecule has 0 radical (unpaired) electrons. The van der Waals surface area contributed by atoms with E-state index in [1.807, 2.05) is 19.9 Å². The predicted molar refractivity (Wildman–Crippen MR) is 93.7 cm³/mol. The summed E-state index contributed by atoms with van der Waals surface area (Å²) in [5, 5.41) is 2.76. The Balaban J connectivity index is 1.91. The van der Waals surface area contributed by atoms with Gasteiger partial charge in [0.2, 0.25) is 0 Å². The third-order valence-electron chi connectivity index (χ3n) is 3.86. The molecule has 3 rings (SSSR count). The molecule has 0 spiro atoms. The molecule has 6 nitrogen and oxygen atoms in total. The van der Waals surface area contributed by atoms with Gasteiger partial charge in [-0.15, -0.1) is 0 Å². The number of anilines is 2. The van der Waals surface area contributed by atoms with Crippen molar-refractivity contribution in [3.63, 3.8) is 0 Å². The topological polar surface area (TPSA) is 78.5 Å². The fourth-order valence-corrected chi connectivity index (χ4v) is 3.99. The lowest BCUT2D eigenvalue weighted by Crippen LogP contribution is -2.35. The van der Waals surface area contributed by atoms with E-state index in [1.165, 1.54) is 4.90 Å². The first-order chi connectivity index (χ1) is 11.2. The minimum absolute atomic E-state index is 0.175. The molecule has 1 aliphatic rings. The van der Waals surface area contributed by atoms with E-state index in [4.69, 9.17) is 0 Å². The van der Waals surface area contributed by atoms with Gasteiger partial charge in [-0.3, -0.25) is 4.72 Å². The fourth-order valence-electron chi connectivity index (χ4n) is 2.75. The van der Waals surface area contributed by atoms with Gasteiger partial charge in [0, 0.05) is 25.0 Å². The number of benzene rings is 2. The number of carbonyl (C=O) groups is 1. The van der Waals surface area contributed by atoms with Crippen LogP contribution in [-0.4, -0.2) is 26.4 Å². The maximum atomic E-state index is 12.6. The van der Waals surface area contributed by atoms with E-state index >= 15 is 0 Å². The Morgan fingerprint density at radius 1 is 1.08 bits per heavy atom. The monoisotopic (exact) mass is 345 g/mol. The molecule has 0 fully saturated rings. The molecule has 0 saturated heterocycles. The second-order valence-electron chi connectivity index (χ2n) is 6.09. The molecule has 0 aliphatic carbocycles. The van der Waals surface area contributed by atoms with Gasteiger partial charge >= 0.3 is 6.03 Å². The molecule has 0 unspecified atom stereocenters. The quantitative estimate of drug-likeness (QED) is 0.897. The number of carbonyl (C=O) groups excluding carboxylic acids is 1. The summed E-state index contributed by atoms with van der Waals surface area (Å²) in [7, 11) is -1.97. The van der Waals surface area contributed by atoms with Gasteiger partial charge in [0.1, 0.15) is 0 Å². The van der Waals surface area contributed by atoms with E-state index in [0.717, 1.165) is 16.7 Å². The van der Waals surface area contributed by atoms with Crippen LogP contribution in [0.4, 0.5) is 16.2 Å². The summed E-state index contributed by atoms with van der Waals surface area (Å²) in [5.74, 6) is 0. The third-order valence-corrected chi connectivity index (χ3v) is 5.22. The summed E-state index contributed by atoms with van der Waals surface area (Å²) in [6.45, 7) is 4.16. The van der Waals surface area contributed by atoms with Crippen molar-refractivity contribution < 1.29 is 13.2 Å². The molecule has 0 saturated carbocycles. The van der Waals surface area contributed by atoms with Crippen molar-refractivity contribution in [1.29, 1.82) is 0 Å². The first kappa shape index (κ1) is 16.3. The van der Waals surface area contributed by atoms with Gasteiger partial charge in [-0.2, -0.15) is 0 Å². The summed E-state index contributed by atoms with van der Waals surface area (Å²) in [5.41, 5.74) is 3.82. The number of hydrogen-bond donors (Lipinski definition) is 2. The first-order valence-corrected chi connectivity index (χ1v) is 8.99. The van der Waals surface area contributed by atoms with Crippen molar-refractivity contribution in [3.8, 4) is 0 Å². The van der Waals surface area contributed by atoms with E-state index in [0.29, 0.717) is 17.9 Å². The van der Waals surface area contributed by atoms with Gasteiger partial charge in [-0.1, -0.05) is 6.07 Å². The summed E-state index contributed by atoms with van der Waals surface area (Å²) >= 11 is 0. The molecule has 0 atom stereocenters. The predicted octanol–water partition coefficient (Wildman–Crippen LogP) is 3.08. The van der Waals surface area contributed by atoms with Crippen LogP contribution in [0.15, 0.2) is 41.3 Å².